The molecule has 1 aromatic heterocycles. The third-order valence-electron chi connectivity index (χ3n) is 3.69. The molecule has 0 aliphatic heterocycles. The van der Waals surface area contributed by atoms with E-state index in [2.05, 4.69) is 4.98 Å². The molecule has 1 fully saturated rings. The molecule has 0 saturated heterocycles. The molecule has 2 aromatic rings. The van der Waals surface area contributed by atoms with Gasteiger partial charge in [-0.3, -0.25) is 4.79 Å². The van der Waals surface area contributed by atoms with Crippen molar-refractivity contribution in [1.29, 1.82) is 0 Å². The molecule has 0 bridgehead atoms. The molecule has 1 unspecified atom stereocenters. The summed E-state index contributed by atoms with van der Waals surface area (Å²) in [4.78, 5) is 29.3. The average molecular weight is 300 g/mol. The summed E-state index contributed by atoms with van der Waals surface area (Å²) in [6.07, 6.45) is 2.94. The van der Waals surface area contributed by atoms with Crippen molar-refractivity contribution < 1.29 is 19.1 Å². The molecular formula is C16H16N2O4. The number of hydrogen-bond acceptors (Lipinski definition) is 4. The zero-order chi connectivity index (χ0) is 15.7. The number of benzene rings is 1. The summed E-state index contributed by atoms with van der Waals surface area (Å²) in [6.45, 7) is 1.51. The van der Waals surface area contributed by atoms with Crippen molar-refractivity contribution in [2.45, 2.75) is 31.8 Å². The van der Waals surface area contributed by atoms with E-state index >= 15 is 0 Å². The number of rotatable bonds is 5. The van der Waals surface area contributed by atoms with Crippen molar-refractivity contribution >= 4 is 11.9 Å². The summed E-state index contributed by atoms with van der Waals surface area (Å²) in [7, 11) is 0. The first-order valence-electron chi connectivity index (χ1n) is 7.14. The summed E-state index contributed by atoms with van der Waals surface area (Å²) < 4.78 is 5.36. The van der Waals surface area contributed by atoms with Crippen molar-refractivity contribution in [3.63, 3.8) is 0 Å². The Morgan fingerprint density at radius 3 is 2.59 bits per heavy atom. The molecule has 1 N–H and O–H groups in total. The van der Waals surface area contributed by atoms with Crippen LogP contribution >= 0.6 is 0 Å². The first-order valence-corrected chi connectivity index (χ1v) is 7.14. The summed E-state index contributed by atoms with van der Waals surface area (Å²) >= 11 is 0. The number of carboxylic acid groups (broad SMARTS) is 1. The highest BCUT2D eigenvalue weighted by atomic mass is 16.4. The van der Waals surface area contributed by atoms with Gasteiger partial charge in [-0.25, -0.2) is 9.78 Å². The lowest BCUT2D eigenvalue weighted by molar-refractivity contribution is -0.141. The summed E-state index contributed by atoms with van der Waals surface area (Å²) in [6, 6.07) is 8.35. The topological polar surface area (TPSA) is 83.6 Å². The van der Waals surface area contributed by atoms with Crippen molar-refractivity contribution in [2.24, 2.45) is 0 Å². The van der Waals surface area contributed by atoms with Gasteiger partial charge in [0.15, 0.2) is 5.69 Å². The molecule has 1 aromatic carbocycles. The standard InChI is InChI=1S/C16H16N2O4/c1-10(16(20)21)18(12-7-8-12)15(19)13-9-22-14(17-13)11-5-3-2-4-6-11/h2-6,9-10,12H,7-8H2,1H3,(H,20,21). The van der Waals surface area contributed by atoms with E-state index in [1.165, 1.54) is 18.1 Å². The number of carbonyl (C=O) groups is 2. The Bertz CT molecular complexity index is 691. The molecule has 1 saturated carbocycles. The zero-order valence-electron chi connectivity index (χ0n) is 12.1. The lowest BCUT2D eigenvalue weighted by Gasteiger charge is -2.25. The second-order valence-electron chi connectivity index (χ2n) is 5.36. The molecule has 114 valence electrons. The predicted octanol–water partition coefficient (Wildman–Crippen LogP) is 2.42. The molecule has 1 amide bonds. The Morgan fingerprint density at radius 1 is 1.32 bits per heavy atom. The quantitative estimate of drug-likeness (QED) is 0.916. The Hall–Kier alpha value is -2.63. The maximum atomic E-state index is 12.6. The molecule has 0 spiro atoms. The average Bonchev–Trinajstić information content (AvgIpc) is 3.23. The van der Waals surface area contributed by atoms with Crippen LogP contribution in [-0.4, -0.2) is 39.0 Å². The minimum absolute atomic E-state index is 0.0181. The fourth-order valence-electron chi connectivity index (χ4n) is 2.35. The van der Waals surface area contributed by atoms with Crippen molar-refractivity contribution in [2.75, 3.05) is 0 Å². The number of carboxylic acids is 1. The predicted molar refractivity (Wildman–Crippen MR) is 78.2 cm³/mol. The van der Waals surface area contributed by atoms with Gasteiger partial charge in [0.25, 0.3) is 5.91 Å². The zero-order valence-corrected chi connectivity index (χ0v) is 12.1. The smallest absolute Gasteiger partial charge is 0.326 e. The second kappa shape index (κ2) is 5.63. The van der Waals surface area contributed by atoms with Gasteiger partial charge in [-0.15, -0.1) is 0 Å². The van der Waals surface area contributed by atoms with Crippen LogP contribution in [-0.2, 0) is 4.79 Å². The highest BCUT2D eigenvalue weighted by Crippen LogP contribution is 2.30. The van der Waals surface area contributed by atoms with E-state index in [0.29, 0.717) is 5.89 Å². The van der Waals surface area contributed by atoms with Crippen molar-refractivity contribution in [3.8, 4) is 11.5 Å². The van der Waals surface area contributed by atoms with Crippen molar-refractivity contribution in [1.82, 2.24) is 9.88 Å². The van der Waals surface area contributed by atoms with Crippen LogP contribution in [0, 0.1) is 0 Å². The summed E-state index contributed by atoms with van der Waals surface area (Å²) in [5.41, 5.74) is 0.907. The van der Waals surface area contributed by atoms with Gasteiger partial charge in [-0.05, 0) is 31.9 Å². The van der Waals surface area contributed by atoms with Crippen LogP contribution in [0.1, 0.15) is 30.3 Å². The number of hydrogen-bond donors (Lipinski definition) is 1. The van der Waals surface area contributed by atoms with Crippen LogP contribution in [0.3, 0.4) is 0 Å². The molecule has 1 aliphatic carbocycles. The van der Waals surface area contributed by atoms with E-state index in [0.717, 1.165) is 18.4 Å². The molecule has 0 radical (unpaired) electrons. The molecule has 3 rings (SSSR count). The Kier molecular flexibility index (Phi) is 3.66. The number of carbonyl (C=O) groups excluding carboxylic acids is 1. The van der Waals surface area contributed by atoms with Gasteiger partial charge in [0.2, 0.25) is 5.89 Å². The fraction of sp³-hybridized carbons (Fsp3) is 0.312. The molecule has 1 atom stereocenters. The number of oxazole rings is 1. The van der Waals surface area contributed by atoms with Crippen LogP contribution in [0.2, 0.25) is 0 Å². The monoisotopic (exact) mass is 300 g/mol. The van der Waals surface area contributed by atoms with Gasteiger partial charge >= 0.3 is 5.97 Å². The van der Waals surface area contributed by atoms with E-state index in [1.54, 1.807) is 0 Å². The minimum atomic E-state index is -1.02. The van der Waals surface area contributed by atoms with E-state index in [4.69, 9.17) is 4.42 Å². The first-order chi connectivity index (χ1) is 10.6. The highest BCUT2D eigenvalue weighted by molar-refractivity contribution is 5.95. The third-order valence-corrected chi connectivity index (χ3v) is 3.69. The van der Waals surface area contributed by atoms with Gasteiger partial charge in [0.05, 0.1) is 0 Å². The van der Waals surface area contributed by atoms with Crippen LogP contribution in [0.4, 0.5) is 0 Å². The Labute approximate surface area is 127 Å². The van der Waals surface area contributed by atoms with Crippen LogP contribution < -0.4 is 0 Å². The van der Waals surface area contributed by atoms with Gasteiger partial charge in [0.1, 0.15) is 12.3 Å². The SMILES string of the molecule is CC(C(=O)O)N(C(=O)c1coc(-c2ccccc2)n1)C1CC1. The van der Waals surface area contributed by atoms with Gasteiger partial charge in [-0.1, -0.05) is 18.2 Å². The van der Waals surface area contributed by atoms with E-state index in [-0.39, 0.29) is 11.7 Å². The number of aliphatic carboxylic acids is 1. The van der Waals surface area contributed by atoms with Crippen molar-refractivity contribution in [3.05, 3.63) is 42.3 Å². The Morgan fingerprint density at radius 2 is 2.00 bits per heavy atom. The first kappa shape index (κ1) is 14.3. The maximum Gasteiger partial charge on any atom is 0.326 e. The molecule has 22 heavy (non-hydrogen) atoms. The van der Waals surface area contributed by atoms with Gasteiger partial charge in [0, 0.05) is 11.6 Å². The van der Waals surface area contributed by atoms with Gasteiger partial charge in [-0.2, -0.15) is 0 Å². The molecule has 1 aliphatic rings. The van der Waals surface area contributed by atoms with E-state index in [9.17, 15) is 14.7 Å². The number of nitrogens with zero attached hydrogens (tertiary/aromatic N) is 2. The molecule has 6 nitrogen and oxygen atoms in total. The molecular weight excluding hydrogens is 284 g/mol. The third kappa shape index (κ3) is 2.72. The van der Waals surface area contributed by atoms with Gasteiger partial charge < -0.3 is 14.4 Å². The minimum Gasteiger partial charge on any atom is -0.480 e. The largest absolute Gasteiger partial charge is 0.480 e. The van der Waals surface area contributed by atoms with Crippen LogP contribution in [0.25, 0.3) is 11.5 Å². The normalized spacial score (nSPS) is 15.3. The lowest BCUT2D eigenvalue weighted by atomic mass is 10.2. The number of aromatic nitrogens is 1. The highest BCUT2D eigenvalue weighted by Gasteiger charge is 2.39. The fourth-order valence-corrected chi connectivity index (χ4v) is 2.35. The molecule has 1 heterocycles. The summed E-state index contributed by atoms with van der Waals surface area (Å²) in [5, 5.41) is 9.17. The second-order valence-corrected chi connectivity index (χ2v) is 5.36. The Balaban J connectivity index is 1.85. The molecule has 6 heteroatoms. The van der Waals surface area contributed by atoms with Crippen LogP contribution in [0.5, 0.6) is 0 Å². The van der Waals surface area contributed by atoms with E-state index < -0.39 is 17.9 Å². The van der Waals surface area contributed by atoms with E-state index in [1.807, 2.05) is 30.3 Å². The lowest BCUT2D eigenvalue weighted by Crippen LogP contribution is -2.44. The number of amides is 1. The van der Waals surface area contributed by atoms with Crippen LogP contribution in [0.15, 0.2) is 41.0 Å². The maximum absolute atomic E-state index is 12.6. The summed E-state index contributed by atoms with van der Waals surface area (Å²) in [5.74, 6) is -1.07.